The molecule has 0 spiro atoms. The zero-order valence-corrected chi connectivity index (χ0v) is 13.7. The molecule has 2 aromatic carbocycles. The van der Waals surface area contributed by atoms with E-state index in [-0.39, 0.29) is 11.9 Å². The van der Waals surface area contributed by atoms with Crippen LogP contribution >= 0.6 is 0 Å². The van der Waals surface area contributed by atoms with Crippen molar-refractivity contribution in [3.05, 3.63) is 59.7 Å². The van der Waals surface area contributed by atoms with E-state index in [1.54, 1.807) is 0 Å². The third-order valence-corrected chi connectivity index (χ3v) is 3.72. The largest absolute Gasteiger partial charge is 0.494 e. The fourth-order valence-corrected chi connectivity index (χ4v) is 2.45. The number of ether oxygens (including phenoxy) is 1. The number of aryl methyl sites for hydroxylation is 1. The highest BCUT2D eigenvalue weighted by Crippen LogP contribution is 2.19. The molecule has 1 amide bonds. The van der Waals surface area contributed by atoms with Crippen LogP contribution in [0.5, 0.6) is 5.75 Å². The van der Waals surface area contributed by atoms with Gasteiger partial charge in [-0.25, -0.2) is 0 Å². The van der Waals surface area contributed by atoms with E-state index >= 15 is 0 Å². The number of carbonyl (C=O) groups excluding carboxylic acids is 1. The van der Waals surface area contributed by atoms with Crippen molar-refractivity contribution in [1.82, 2.24) is 5.32 Å². The first kappa shape index (κ1) is 16.9. The van der Waals surface area contributed by atoms with Crippen LogP contribution in [-0.2, 0) is 11.2 Å². The predicted molar refractivity (Wildman–Crippen MR) is 93.3 cm³/mol. The maximum atomic E-state index is 12.1. The van der Waals surface area contributed by atoms with E-state index in [0.29, 0.717) is 19.4 Å². The van der Waals surface area contributed by atoms with Crippen LogP contribution in [0.25, 0.3) is 0 Å². The number of hydrogen-bond donors (Lipinski definition) is 2. The van der Waals surface area contributed by atoms with E-state index < -0.39 is 0 Å². The average molecular weight is 312 g/mol. The van der Waals surface area contributed by atoms with E-state index in [1.807, 2.05) is 62.4 Å². The minimum Gasteiger partial charge on any atom is -0.494 e. The molecule has 4 heteroatoms. The van der Waals surface area contributed by atoms with Crippen molar-refractivity contribution in [2.24, 2.45) is 0 Å². The first-order valence-electron chi connectivity index (χ1n) is 7.95. The van der Waals surface area contributed by atoms with Crippen LogP contribution in [-0.4, -0.2) is 12.5 Å². The summed E-state index contributed by atoms with van der Waals surface area (Å²) in [6.07, 6.45) is 1.06. The number of anilines is 1. The van der Waals surface area contributed by atoms with Crippen LogP contribution < -0.4 is 15.8 Å². The Morgan fingerprint density at radius 3 is 2.74 bits per heavy atom. The zero-order chi connectivity index (χ0) is 16.7. The Hall–Kier alpha value is -2.49. The van der Waals surface area contributed by atoms with E-state index in [0.717, 1.165) is 22.6 Å². The molecular weight excluding hydrogens is 288 g/mol. The normalized spacial score (nSPS) is 11.7. The smallest absolute Gasteiger partial charge is 0.220 e. The van der Waals surface area contributed by atoms with E-state index in [1.165, 1.54) is 0 Å². The van der Waals surface area contributed by atoms with Crippen molar-refractivity contribution in [2.75, 3.05) is 12.3 Å². The number of amides is 1. The Bertz CT molecular complexity index is 655. The molecule has 0 heterocycles. The minimum absolute atomic E-state index is 0.0163. The Morgan fingerprint density at radius 1 is 1.22 bits per heavy atom. The highest BCUT2D eigenvalue weighted by Gasteiger charge is 2.11. The molecule has 0 saturated carbocycles. The Labute approximate surface area is 137 Å². The third-order valence-electron chi connectivity index (χ3n) is 3.72. The van der Waals surface area contributed by atoms with Gasteiger partial charge in [0.25, 0.3) is 0 Å². The van der Waals surface area contributed by atoms with Gasteiger partial charge in [0.15, 0.2) is 0 Å². The Balaban J connectivity index is 1.89. The molecule has 2 rings (SSSR count). The summed E-state index contributed by atoms with van der Waals surface area (Å²) < 4.78 is 5.49. The van der Waals surface area contributed by atoms with Gasteiger partial charge in [0.1, 0.15) is 5.75 Å². The van der Waals surface area contributed by atoms with Crippen molar-refractivity contribution < 1.29 is 9.53 Å². The molecule has 0 aliphatic heterocycles. The molecule has 4 nitrogen and oxygen atoms in total. The quantitative estimate of drug-likeness (QED) is 0.769. The topological polar surface area (TPSA) is 64.3 Å². The molecule has 0 radical (unpaired) electrons. The Kier molecular flexibility index (Phi) is 6.03. The van der Waals surface area contributed by atoms with Gasteiger partial charge in [0.2, 0.25) is 5.91 Å². The number of rotatable bonds is 7. The molecule has 23 heavy (non-hydrogen) atoms. The van der Waals surface area contributed by atoms with Gasteiger partial charge in [-0.2, -0.15) is 0 Å². The van der Waals surface area contributed by atoms with Crippen molar-refractivity contribution in [1.29, 1.82) is 0 Å². The summed E-state index contributed by atoms with van der Waals surface area (Å²) in [5.41, 5.74) is 8.67. The van der Waals surface area contributed by atoms with Crippen molar-refractivity contribution >= 4 is 11.6 Å². The molecule has 3 N–H and O–H groups in total. The molecule has 0 aromatic heterocycles. The molecule has 0 aliphatic carbocycles. The summed E-state index contributed by atoms with van der Waals surface area (Å²) in [7, 11) is 0. The van der Waals surface area contributed by atoms with Crippen LogP contribution in [0.1, 0.15) is 37.4 Å². The number of hydrogen-bond acceptors (Lipinski definition) is 3. The molecule has 1 unspecified atom stereocenters. The first-order valence-corrected chi connectivity index (χ1v) is 7.95. The number of para-hydroxylation sites is 1. The second-order valence-electron chi connectivity index (χ2n) is 5.49. The second-order valence-corrected chi connectivity index (χ2v) is 5.49. The van der Waals surface area contributed by atoms with E-state index in [4.69, 9.17) is 10.5 Å². The average Bonchev–Trinajstić information content (AvgIpc) is 2.54. The van der Waals surface area contributed by atoms with Crippen molar-refractivity contribution in [2.45, 2.75) is 32.7 Å². The standard InChI is InChI=1S/C19H24N2O2/c1-3-23-17-9-6-8-16(13-17)14(2)21-19(22)12-11-15-7-4-5-10-18(15)20/h4-10,13-14H,3,11-12,20H2,1-2H3,(H,21,22). The van der Waals surface area contributed by atoms with Gasteiger partial charge in [-0.3, -0.25) is 4.79 Å². The van der Waals surface area contributed by atoms with Crippen molar-refractivity contribution in [3.8, 4) is 5.75 Å². The molecule has 2 aromatic rings. The van der Waals surface area contributed by atoms with Gasteiger partial charge in [-0.05, 0) is 49.6 Å². The van der Waals surface area contributed by atoms with Crippen molar-refractivity contribution in [3.63, 3.8) is 0 Å². The number of nitrogen functional groups attached to an aromatic ring is 1. The van der Waals surface area contributed by atoms with Gasteiger partial charge in [0, 0.05) is 12.1 Å². The lowest BCUT2D eigenvalue weighted by molar-refractivity contribution is -0.121. The third kappa shape index (κ3) is 5.02. The fraction of sp³-hybridized carbons (Fsp3) is 0.316. The summed E-state index contributed by atoms with van der Waals surface area (Å²) >= 11 is 0. The minimum atomic E-state index is -0.0592. The summed E-state index contributed by atoms with van der Waals surface area (Å²) in [5.74, 6) is 0.839. The summed E-state index contributed by atoms with van der Waals surface area (Å²) in [6.45, 7) is 4.55. The number of benzene rings is 2. The SMILES string of the molecule is CCOc1cccc(C(C)NC(=O)CCc2ccccc2N)c1. The lowest BCUT2D eigenvalue weighted by Crippen LogP contribution is -2.26. The summed E-state index contributed by atoms with van der Waals surface area (Å²) in [4.78, 5) is 12.1. The molecule has 0 fully saturated rings. The highest BCUT2D eigenvalue weighted by molar-refractivity contribution is 5.77. The lowest BCUT2D eigenvalue weighted by Gasteiger charge is -2.15. The van der Waals surface area contributed by atoms with E-state index in [9.17, 15) is 4.79 Å². The van der Waals surface area contributed by atoms with Crippen LogP contribution in [0.3, 0.4) is 0 Å². The maximum absolute atomic E-state index is 12.1. The number of nitrogens with one attached hydrogen (secondary N) is 1. The Morgan fingerprint density at radius 2 is 2.00 bits per heavy atom. The van der Waals surface area contributed by atoms with Crippen LogP contribution in [0, 0.1) is 0 Å². The molecule has 0 saturated heterocycles. The second kappa shape index (κ2) is 8.22. The molecule has 0 bridgehead atoms. The van der Waals surface area contributed by atoms with Gasteiger partial charge in [-0.1, -0.05) is 30.3 Å². The number of carbonyl (C=O) groups is 1. The molecule has 1 atom stereocenters. The summed E-state index contributed by atoms with van der Waals surface area (Å²) in [6, 6.07) is 15.4. The lowest BCUT2D eigenvalue weighted by atomic mass is 10.1. The predicted octanol–water partition coefficient (Wildman–Crippen LogP) is 3.48. The first-order chi connectivity index (χ1) is 11.1. The number of nitrogens with two attached hydrogens (primary N) is 1. The monoisotopic (exact) mass is 312 g/mol. The van der Waals surface area contributed by atoms with Crippen LogP contribution in [0.2, 0.25) is 0 Å². The van der Waals surface area contributed by atoms with Gasteiger partial charge >= 0.3 is 0 Å². The van der Waals surface area contributed by atoms with Gasteiger partial charge in [0.05, 0.1) is 12.6 Å². The van der Waals surface area contributed by atoms with E-state index in [2.05, 4.69) is 5.32 Å². The maximum Gasteiger partial charge on any atom is 0.220 e. The van der Waals surface area contributed by atoms with Gasteiger partial charge < -0.3 is 15.8 Å². The molecular formula is C19H24N2O2. The van der Waals surface area contributed by atoms with Gasteiger partial charge in [-0.15, -0.1) is 0 Å². The van der Waals surface area contributed by atoms with Crippen LogP contribution in [0.15, 0.2) is 48.5 Å². The molecule has 0 aliphatic rings. The molecule has 122 valence electrons. The highest BCUT2D eigenvalue weighted by atomic mass is 16.5. The zero-order valence-electron chi connectivity index (χ0n) is 13.7. The summed E-state index contributed by atoms with van der Waals surface area (Å²) in [5, 5.41) is 3.02. The fourth-order valence-electron chi connectivity index (χ4n) is 2.45. The van der Waals surface area contributed by atoms with Crippen LogP contribution in [0.4, 0.5) is 5.69 Å².